The SMILES string of the molecule is O=C(CN1C(=O)[C@@H]2[C@H]3C=C[C@@H]([C@@H]4C[C@H]34)[C@@H]2C1=O)OCC(=O)c1ccc(-c2ccccc2)cc1. The molecule has 33 heavy (non-hydrogen) atoms. The number of carbonyl (C=O) groups is 4. The Hall–Kier alpha value is -3.54. The highest BCUT2D eigenvalue weighted by Crippen LogP contribution is 2.65. The zero-order valence-corrected chi connectivity index (χ0v) is 17.9. The highest BCUT2D eigenvalue weighted by molar-refractivity contribution is 6.08. The number of imide groups is 1. The standard InChI is InChI=1S/C27H23NO5/c29-22(17-8-6-16(7-9-17)15-4-2-1-3-5-15)14-33-23(30)13-28-26(31)24-18-10-11-19(21-12-20(18)21)25(24)27(28)32/h1-11,18-21,24-25H,12-14H2/t18-,19-,20-,21+,24-,25+/m0/s1. The highest BCUT2D eigenvalue weighted by Gasteiger charge is 2.67. The van der Waals surface area contributed by atoms with Crippen molar-refractivity contribution in [3.05, 3.63) is 72.3 Å². The van der Waals surface area contributed by atoms with Crippen molar-refractivity contribution in [3.8, 4) is 11.1 Å². The Kier molecular flexibility index (Phi) is 4.57. The van der Waals surface area contributed by atoms with Gasteiger partial charge in [0.2, 0.25) is 11.8 Å². The first kappa shape index (κ1) is 20.1. The van der Waals surface area contributed by atoms with Gasteiger partial charge in [-0.05, 0) is 41.2 Å². The molecule has 0 radical (unpaired) electrons. The molecule has 7 rings (SSSR count). The van der Waals surface area contributed by atoms with Gasteiger partial charge in [0.15, 0.2) is 12.4 Å². The number of ketones is 1. The summed E-state index contributed by atoms with van der Waals surface area (Å²) in [5.41, 5.74) is 2.46. The Bertz CT molecular complexity index is 1150. The fourth-order valence-electron chi connectivity index (χ4n) is 6.06. The number of esters is 1. The second kappa shape index (κ2) is 7.51. The van der Waals surface area contributed by atoms with Crippen LogP contribution in [0.25, 0.3) is 11.1 Å². The molecule has 6 atom stereocenters. The molecule has 166 valence electrons. The van der Waals surface area contributed by atoms with Gasteiger partial charge >= 0.3 is 5.97 Å². The van der Waals surface area contributed by atoms with Crippen molar-refractivity contribution in [1.82, 2.24) is 4.90 Å². The van der Waals surface area contributed by atoms with Crippen LogP contribution in [-0.2, 0) is 19.1 Å². The van der Waals surface area contributed by atoms with Crippen molar-refractivity contribution in [2.75, 3.05) is 13.2 Å². The Morgan fingerprint density at radius 1 is 0.818 bits per heavy atom. The van der Waals surface area contributed by atoms with Gasteiger partial charge in [0.05, 0.1) is 11.8 Å². The number of allylic oxidation sites excluding steroid dienone is 2. The number of carbonyl (C=O) groups excluding carboxylic acids is 4. The van der Waals surface area contributed by atoms with Crippen LogP contribution in [0.1, 0.15) is 16.8 Å². The first-order chi connectivity index (χ1) is 16.0. The maximum absolute atomic E-state index is 12.9. The number of nitrogens with zero attached hydrogens (tertiary/aromatic N) is 1. The summed E-state index contributed by atoms with van der Waals surface area (Å²) in [6, 6.07) is 16.9. The third-order valence-electron chi connectivity index (χ3n) is 7.72. The van der Waals surface area contributed by atoms with Crippen LogP contribution >= 0.6 is 0 Å². The van der Waals surface area contributed by atoms with E-state index < -0.39 is 19.1 Å². The van der Waals surface area contributed by atoms with Crippen LogP contribution in [0, 0.1) is 35.5 Å². The molecule has 1 heterocycles. The van der Waals surface area contributed by atoms with Crippen molar-refractivity contribution in [1.29, 1.82) is 0 Å². The monoisotopic (exact) mass is 441 g/mol. The van der Waals surface area contributed by atoms with E-state index in [1.165, 1.54) is 0 Å². The quantitative estimate of drug-likeness (QED) is 0.298. The van der Waals surface area contributed by atoms with E-state index in [4.69, 9.17) is 4.74 Å². The number of Topliss-reactive ketones (excluding diaryl/α,β-unsaturated/α-hetero) is 1. The summed E-state index contributed by atoms with van der Waals surface area (Å²) >= 11 is 0. The zero-order valence-electron chi connectivity index (χ0n) is 17.9. The summed E-state index contributed by atoms with van der Waals surface area (Å²) in [4.78, 5) is 51.8. The van der Waals surface area contributed by atoms with Gasteiger partial charge in [-0.2, -0.15) is 0 Å². The molecule has 5 aliphatic rings. The lowest BCUT2D eigenvalue weighted by atomic mass is 9.63. The lowest BCUT2D eigenvalue weighted by Crippen LogP contribution is -2.40. The summed E-state index contributed by atoms with van der Waals surface area (Å²) in [5, 5.41) is 0. The second-order valence-corrected chi connectivity index (χ2v) is 9.44. The first-order valence-electron chi connectivity index (χ1n) is 11.4. The third-order valence-corrected chi connectivity index (χ3v) is 7.72. The second-order valence-electron chi connectivity index (χ2n) is 9.44. The van der Waals surface area contributed by atoms with E-state index in [2.05, 4.69) is 12.2 Å². The topological polar surface area (TPSA) is 80.8 Å². The van der Waals surface area contributed by atoms with Gasteiger partial charge in [0.25, 0.3) is 0 Å². The fraction of sp³-hybridized carbons (Fsp3) is 0.333. The van der Waals surface area contributed by atoms with Gasteiger partial charge in [-0.15, -0.1) is 0 Å². The Labute approximate surface area is 191 Å². The highest BCUT2D eigenvalue weighted by atomic mass is 16.5. The van der Waals surface area contributed by atoms with Gasteiger partial charge < -0.3 is 4.74 Å². The maximum atomic E-state index is 12.9. The molecule has 2 aromatic rings. The van der Waals surface area contributed by atoms with Crippen LogP contribution in [0.2, 0.25) is 0 Å². The molecule has 2 saturated carbocycles. The molecule has 0 aromatic heterocycles. The number of ether oxygens (including phenoxy) is 1. The van der Waals surface area contributed by atoms with E-state index in [-0.39, 0.29) is 41.3 Å². The largest absolute Gasteiger partial charge is 0.456 e. The summed E-state index contributed by atoms with van der Waals surface area (Å²) in [6.45, 7) is -0.858. The minimum absolute atomic E-state index is 0.114. The summed E-state index contributed by atoms with van der Waals surface area (Å²) in [5.74, 6) is -1.04. The molecule has 4 aliphatic carbocycles. The molecular weight excluding hydrogens is 418 g/mol. The van der Waals surface area contributed by atoms with E-state index in [0.29, 0.717) is 17.4 Å². The zero-order chi connectivity index (χ0) is 22.7. The molecule has 0 N–H and O–H groups in total. The van der Waals surface area contributed by atoms with Gasteiger partial charge in [-0.3, -0.25) is 24.1 Å². The molecule has 3 fully saturated rings. The fourth-order valence-corrected chi connectivity index (χ4v) is 6.06. The van der Waals surface area contributed by atoms with Gasteiger partial charge in [0, 0.05) is 5.56 Å². The molecular formula is C27H23NO5. The molecule has 2 aromatic carbocycles. The van der Waals surface area contributed by atoms with Crippen LogP contribution in [0.15, 0.2) is 66.7 Å². The van der Waals surface area contributed by atoms with Crippen molar-refractivity contribution < 1.29 is 23.9 Å². The molecule has 2 amide bonds. The molecule has 0 spiro atoms. The lowest BCUT2D eigenvalue weighted by molar-refractivity contribution is -0.152. The maximum Gasteiger partial charge on any atom is 0.326 e. The van der Waals surface area contributed by atoms with Crippen molar-refractivity contribution in [2.24, 2.45) is 35.5 Å². The van der Waals surface area contributed by atoms with Crippen LogP contribution < -0.4 is 0 Å². The van der Waals surface area contributed by atoms with E-state index in [1.807, 2.05) is 42.5 Å². The number of benzene rings is 2. The van der Waals surface area contributed by atoms with E-state index in [1.54, 1.807) is 12.1 Å². The van der Waals surface area contributed by atoms with Crippen LogP contribution in [0.3, 0.4) is 0 Å². The number of likely N-dealkylation sites (tertiary alicyclic amines) is 1. The number of hydrogen-bond donors (Lipinski definition) is 0. The average molecular weight is 441 g/mol. The smallest absolute Gasteiger partial charge is 0.326 e. The van der Waals surface area contributed by atoms with Crippen LogP contribution in [-0.4, -0.2) is 41.6 Å². The van der Waals surface area contributed by atoms with Crippen LogP contribution in [0.5, 0.6) is 0 Å². The Morgan fingerprint density at radius 2 is 1.39 bits per heavy atom. The lowest BCUT2D eigenvalue weighted by Gasteiger charge is -2.37. The molecule has 2 bridgehead atoms. The van der Waals surface area contributed by atoms with Crippen LogP contribution in [0.4, 0.5) is 0 Å². The molecule has 1 aliphatic heterocycles. The summed E-state index contributed by atoms with van der Waals surface area (Å²) in [6.07, 6.45) is 5.27. The summed E-state index contributed by atoms with van der Waals surface area (Å²) in [7, 11) is 0. The predicted molar refractivity (Wildman–Crippen MR) is 119 cm³/mol. The van der Waals surface area contributed by atoms with Gasteiger partial charge in [-0.25, -0.2) is 0 Å². The Balaban J connectivity index is 1.06. The first-order valence-corrected chi connectivity index (χ1v) is 11.4. The number of hydrogen-bond acceptors (Lipinski definition) is 5. The molecule has 0 unspecified atom stereocenters. The van der Waals surface area contributed by atoms with Gasteiger partial charge in [0.1, 0.15) is 6.54 Å². The van der Waals surface area contributed by atoms with Crippen molar-refractivity contribution in [3.63, 3.8) is 0 Å². The molecule has 6 nitrogen and oxygen atoms in total. The van der Waals surface area contributed by atoms with E-state index in [9.17, 15) is 19.2 Å². The minimum atomic E-state index is -0.741. The normalized spacial score (nSPS) is 30.7. The summed E-state index contributed by atoms with van der Waals surface area (Å²) < 4.78 is 5.13. The average Bonchev–Trinajstić information content (AvgIpc) is 3.64. The van der Waals surface area contributed by atoms with E-state index in [0.717, 1.165) is 22.4 Å². The molecule has 1 saturated heterocycles. The van der Waals surface area contributed by atoms with Crippen molar-refractivity contribution in [2.45, 2.75) is 6.42 Å². The van der Waals surface area contributed by atoms with Crippen molar-refractivity contribution >= 4 is 23.6 Å². The number of amides is 2. The minimum Gasteiger partial charge on any atom is -0.456 e. The van der Waals surface area contributed by atoms with E-state index >= 15 is 0 Å². The predicted octanol–water partition coefficient (Wildman–Crippen LogP) is 3.13. The third kappa shape index (κ3) is 3.24. The molecule has 6 heteroatoms. The Morgan fingerprint density at radius 3 is 2.00 bits per heavy atom. The number of rotatable bonds is 6. The van der Waals surface area contributed by atoms with Gasteiger partial charge in [-0.1, -0.05) is 66.7 Å².